The van der Waals surface area contributed by atoms with E-state index in [1.165, 1.54) is 17.4 Å². The lowest BCUT2D eigenvalue weighted by molar-refractivity contribution is -0.131. The molecule has 0 radical (unpaired) electrons. The summed E-state index contributed by atoms with van der Waals surface area (Å²) < 4.78 is 0. The van der Waals surface area contributed by atoms with Gasteiger partial charge in [-0.1, -0.05) is 0 Å². The zero-order valence-electron chi connectivity index (χ0n) is 12.0. The van der Waals surface area contributed by atoms with Crippen LogP contribution in [0.15, 0.2) is 17.5 Å². The van der Waals surface area contributed by atoms with Crippen LogP contribution < -0.4 is 10.6 Å². The van der Waals surface area contributed by atoms with Crippen LogP contribution in [-0.2, 0) is 9.59 Å². The third kappa shape index (κ3) is 5.39. The van der Waals surface area contributed by atoms with Gasteiger partial charge in [-0.15, -0.1) is 11.3 Å². The van der Waals surface area contributed by atoms with Crippen molar-refractivity contribution >= 4 is 35.2 Å². The van der Waals surface area contributed by atoms with Crippen molar-refractivity contribution in [2.75, 3.05) is 0 Å². The molecule has 7 heteroatoms. The first-order valence-electron chi connectivity index (χ1n) is 6.41. The van der Waals surface area contributed by atoms with Gasteiger partial charge >= 0.3 is 5.97 Å². The number of nitrogens with one attached hydrogen (secondary N) is 2. The number of rotatable bonds is 6. The van der Waals surface area contributed by atoms with E-state index in [1.54, 1.807) is 18.4 Å². The summed E-state index contributed by atoms with van der Waals surface area (Å²) in [5, 5.41) is 15.6. The number of amides is 2. The number of carboxylic acid groups (broad SMARTS) is 1. The van der Waals surface area contributed by atoms with Crippen LogP contribution in [0.4, 0.5) is 0 Å². The largest absolute Gasteiger partial charge is 0.478 e. The maximum Gasteiger partial charge on any atom is 0.328 e. The van der Waals surface area contributed by atoms with Gasteiger partial charge in [-0.3, -0.25) is 9.59 Å². The van der Waals surface area contributed by atoms with Gasteiger partial charge in [0.15, 0.2) is 0 Å². The fourth-order valence-electron chi connectivity index (χ4n) is 1.53. The first-order valence-corrected chi connectivity index (χ1v) is 7.29. The van der Waals surface area contributed by atoms with Crippen molar-refractivity contribution in [1.82, 2.24) is 10.6 Å². The highest BCUT2D eigenvalue weighted by molar-refractivity contribution is 7.12. The Kier molecular flexibility index (Phi) is 6.10. The normalized spacial score (nSPS) is 12.4. The standard InChI is InChI=1S/C14H18N2O4S/c1-8(2)15-13(19)9(3)16-14(20)12-10(6-7-21-12)4-5-11(17)18/h4-9H,1-3H3,(H,15,19)(H,16,20)(H,17,18)/b5-4+. The second-order valence-electron chi connectivity index (χ2n) is 4.74. The van der Waals surface area contributed by atoms with E-state index in [4.69, 9.17) is 5.11 Å². The molecule has 0 saturated heterocycles. The third-order valence-electron chi connectivity index (χ3n) is 2.48. The zero-order chi connectivity index (χ0) is 16.0. The van der Waals surface area contributed by atoms with Crippen LogP contribution in [0.1, 0.15) is 36.0 Å². The van der Waals surface area contributed by atoms with Gasteiger partial charge in [0.05, 0.1) is 4.88 Å². The van der Waals surface area contributed by atoms with E-state index >= 15 is 0 Å². The predicted molar refractivity (Wildman–Crippen MR) is 81.2 cm³/mol. The van der Waals surface area contributed by atoms with Crippen LogP contribution >= 0.6 is 11.3 Å². The van der Waals surface area contributed by atoms with Gasteiger partial charge in [0.2, 0.25) is 5.91 Å². The van der Waals surface area contributed by atoms with Gasteiger partial charge in [-0.25, -0.2) is 4.79 Å². The van der Waals surface area contributed by atoms with E-state index in [-0.39, 0.29) is 11.9 Å². The van der Waals surface area contributed by atoms with Crippen molar-refractivity contribution in [3.8, 4) is 0 Å². The van der Waals surface area contributed by atoms with Gasteiger partial charge in [-0.05, 0) is 43.9 Å². The van der Waals surface area contributed by atoms with E-state index in [9.17, 15) is 14.4 Å². The molecule has 6 nitrogen and oxygen atoms in total. The molecule has 0 aromatic carbocycles. The molecule has 0 fully saturated rings. The molecule has 114 valence electrons. The predicted octanol–water partition coefficient (Wildman–Crippen LogP) is 1.49. The molecular weight excluding hydrogens is 292 g/mol. The van der Waals surface area contributed by atoms with Crippen LogP contribution in [0.3, 0.4) is 0 Å². The van der Waals surface area contributed by atoms with Crippen LogP contribution in [0.2, 0.25) is 0 Å². The summed E-state index contributed by atoms with van der Waals surface area (Å²) in [5.74, 6) is -1.75. The van der Waals surface area contributed by atoms with Crippen LogP contribution in [0, 0.1) is 0 Å². The van der Waals surface area contributed by atoms with E-state index in [0.717, 1.165) is 6.08 Å². The van der Waals surface area contributed by atoms with Gasteiger partial charge in [0.1, 0.15) is 6.04 Å². The molecule has 2 amide bonds. The van der Waals surface area contributed by atoms with Crippen molar-refractivity contribution in [2.45, 2.75) is 32.9 Å². The average Bonchev–Trinajstić information content (AvgIpc) is 2.83. The maximum atomic E-state index is 12.1. The highest BCUT2D eigenvalue weighted by atomic mass is 32.1. The Hall–Kier alpha value is -2.15. The molecule has 1 rings (SSSR count). The molecule has 3 N–H and O–H groups in total. The molecular formula is C14H18N2O4S. The molecule has 1 unspecified atom stereocenters. The lowest BCUT2D eigenvalue weighted by Gasteiger charge is -2.15. The molecule has 1 atom stereocenters. The molecule has 1 aromatic heterocycles. The van der Waals surface area contributed by atoms with E-state index in [0.29, 0.717) is 10.4 Å². The van der Waals surface area contributed by atoms with Gasteiger partial charge in [0, 0.05) is 12.1 Å². The van der Waals surface area contributed by atoms with Crippen molar-refractivity contribution in [1.29, 1.82) is 0 Å². The summed E-state index contributed by atoms with van der Waals surface area (Å²) in [5.41, 5.74) is 0.511. The van der Waals surface area contributed by atoms with E-state index in [1.807, 2.05) is 13.8 Å². The lowest BCUT2D eigenvalue weighted by atomic mass is 10.2. The second-order valence-corrected chi connectivity index (χ2v) is 5.65. The smallest absolute Gasteiger partial charge is 0.328 e. The van der Waals surface area contributed by atoms with E-state index < -0.39 is 17.9 Å². The number of thiophene rings is 1. The summed E-state index contributed by atoms with van der Waals surface area (Å²) in [6.07, 6.45) is 2.32. The zero-order valence-corrected chi connectivity index (χ0v) is 12.9. The summed E-state index contributed by atoms with van der Waals surface area (Å²) in [4.78, 5) is 34.7. The third-order valence-corrected chi connectivity index (χ3v) is 3.41. The number of carbonyl (C=O) groups is 3. The molecule has 0 spiro atoms. The topological polar surface area (TPSA) is 95.5 Å². The molecule has 0 aliphatic carbocycles. The summed E-state index contributed by atoms with van der Waals surface area (Å²) in [6, 6.07) is 0.976. The molecule has 0 aliphatic rings. The second kappa shape index (κ2) is 7.58. The van der Waals surface area contributed by atoms with E-state index in [2.05, 4.69) is 10.6 Å². The molecule has 21 heavy (non-hydrogen) atoms. The number of hydrogen-bond acceptors (Lipinski definition) is 4. The number of carbonyl (C=O) groups excluding carboxylic acids is 2. The lowest BCUT2D eigenvalue weighted by Crippen LogP contribution is -2.46. The summed E-state index contributed by atoms with van der Waals surface area (Å²) in [6.45, 7) is 5.26. The fraction of sp³-hybridized carbons (Fsp3) is 0.357. The molecule has 0 bridgehead atoms. The minimum absolute atomic E-state index is 0.00680. The van der Waals surface area contributed by atoms with Crippen molar-refractivity contribution in [3.05, 3.63) is 28.0 Å². The minimum Gasteiger partial charge on any atom is -0.478 e. The Morgan fingerprint density at radius 1 is 1.24 bits per heavy atom. The number of carboxylic acids is 1. The van der Waals surface area contributed by atoms with Crippen LogP contribution in [0.5, 0.6) is 0 Å². The Balaban J connectivity index is 2.74. The summed E-state index contributed by atoms with van der Waals surface area (Å²) in [7, 11) is 0. The maximum absolute atomic E-state index is 12.1. The SMILES string of the molecule is CC(C)NC(=O)C(C)NC(=O)c1sccc1/C=C/C(=O)O. The first-order chi connectivity index (χ1) is 9.81. The van der Waals surface area contributed by atoms with Crippen molar-refractivity contribution < 1.29 is 19.5 Å². The van der Waals surface area contributed by atoms with Crippen molar-refractivity contribution in [2.24, 2.45) is 0 Å². The van der Waals surface area contributed by atoms with Crippen LogP contribution in [0.25, 0.3) is 6.08 Å². The number of hydrogen-bond donors (Lipinski definition) is 3. The van der Waals surface area contributed by atoms with Gasteiger partial charge in [0.25, 0.3) is 5.91 Å². The van der Waals surface area contributed by atoms with Gasteiger partial charge < -0.3 is 15.7 Å². The molecule has 0 aliphatic heterocycles. The van der Waals surface area contributed by atoms with Gasteiger partial charge in [-0.2, -0.15) is 0 Å². The number of aliphatic carboxylic acids is 1. The average molecular weight is 310 g/mol. The highest BCUT2D eigenvalue weighted by Crippen LogP contribution is 2.18. The van der Waals surface area contributed by atoms with Crippen LogP contribution in [-0.4, -0.2) is 35.0 Å². The minimum atomic E-state index is -1.09. The fourth-order valence-corrected chi connectivity index (χ4v) is 2.32. The quantitative estimate of drug-likeness (QED) is 0.694. The first kappa shape index (κ1) is 16.9. The Bertz CT molecular complexity index is 563. The summed E-state index contributed by atoms with van der Waals surface area (Å²) >= 11 is 1.19. The molecule has 0 saturated carbocycles. The Labute approximate surface area is 126 Å². The monoisotopic (exact) mass is 310 g/mol. The Morgan fingerprint density at radius 3 is 2.48 bits per heavy atom. The Morgan fingerprint density at radius 2 is 1.90 bits per heavy atom. The molecule has 1 heterocycles. The van der Waals surface area contributed by atoms with Crippen molar-refractivity contribution in [3.63, 3.8) is 0 Å². The molecule has 1 aromatic rings. The highest BCUT2D eigenvalue weighted by Gasteiger charge is 2.19.